The van der Waals surface area contributed by atoms with Crippen molar-refractivity contribution in [2.24, 2.45) is 17.8 Å². The fraction of sp³-hybridized carbons (Fsp3) is 1.00. The van der Waals surface area contributed by atoms with Gasteiger partial charge in [0.2, 0.25) is 5.85 Å². The van der Waals surface area contributed by atoms with Gasteiger partial charge in [0.05, 0.1) is 213 Å². The zero-order valence-corrected chi connectivity index (χ0v) is 81.5. The molecule has 0 bridgehead atoms. The third-order valence-electron chi connectivity index (χ3n) is 15.1. The van der Waals surface area contributed by atoms with Gasteiger partial charge >= 0.3 is 0 Å². The van der Waals surface area contributed by atoms with Crippen LogP contribution in [0.25, 0.3) is 0 Å². The molecule has 0 spiro atoms. The van der Waals surface area contributed by atoms with Crippen molar-refractivity contribution in [2.45, 2.75) is 410 Å². The van der Waals surface area contributed by atoms with Crippen LogP contribution in [0.3, 0.4) is 0 Å². The Morgan fingerprint density at radius 2 is 0.690 bits per heavy atom. The quantitative estimate of drug-likeness (QED) is 0.0280. The highest BCUT2D eigenvalue weighted by Crippen LogP contribution is 2.23. The maximum absolute atomic E-state index is 14.4. The molecule has 26 nitrogen and oxygen atoms in total. The lowest BCUT2D eigenvalue weighted by Crippen LogP contribution is -2.43. The van der Waals surface area contributed by atoms with Gasteiger partial charge in [-0.25, -0.2) is 17.2 Å². The second-order valence-corrected chi connectivity index (χ2v) is 38.3. The fourth-order valence-electron chi connectivity index (χ4n) is 8.61. The van der Waals surface area contributed by atoms with Crippen molar-refractivity contribution in [3.63, 3.8) is 0 Å². The predicted octanol–water partition coefficient (Wildman–Crippen LogP) is 13.4. The fourth-order valence-corrected chi connectivity index (χ4v) is 11.1. The third-order valence-corrected chi connectivity index (χ3v) is 18.8. The first-order valence-electron chi connectivity index (χ1n) is 42.9. The summed E-state index contributed by atoms with van der Waals surface area (Å²) >= 11 is 1.73. The average Bonchev–Trinajstić information content (AvgIpc) is 0.832. The average molecular weight is 1740 g/mol. The third kappa shape index (κ3) is 92.4. The van der Waals surface area contributed by atoms with Crippen molar-refractivity contribution in [1.82, 2.24) is 5.32 Å². The van der Waals surface area contributed by atoms with Gasteiger partial charge in [-0.15, -0.1) is 11.8 Å². The van der Waals surface area contributed by atoms with Crippen LogP contribution in [0.15, 0.2) is 0 Å². The summed E-state index contributed by atoms with van der Waals surface area (Å²) < 4.78 is 139. The van der Waals surface area contributed by atoms with E-state index in [9.17, 15) is 17.2 Å². The maximum atomic E-state index is 14.4. The number of aliphatic hydroxyl groups excluding tert-OH is 7. The molecule has 0 rings (SSSR count). The number of hydrogen-bond acceptors (Lipinski definition) is 27. The van der Waals surface area contributed by atoms with Crippen molar-refractivity contribution in [3.8, 4) is 0 Å². The molecule has 0 unspecified atom stereocenters. The Labute approximate surface area is 712 Å². The number of thioether (sulfide) groups is 1. The van der Waals surface area contributed by atoms with E-state index in [1.807, 2.05) is 187 Å². The number of aliphatic hydroxyl groups is 7. The van der Waals surface area contributed by atoms with E-state index in [0.29, 0.717) is 68.7 Å². The van der Waals surface area contributed by atoms with Gasteiger partial charge in [0, 0.05) is 30.4 Å². The standard InChI is InChI=1S/2C13H28O3.2C12H25FO4.C12H27NO3.C12H26O5S.C12H26O3S/c1-10(2)15-8-13(6-12(5)7-14)9-16-11(3)4;1-10(2)6-7-13(9-15-11(3)4)16-12(5)8-14;1-9(2)15-6-11(7-16-10(3)4)17-12(5,13)8-14;1-9(2)15-7-12(13,8-16-10(3)4)17-11(5)6-14;1-9(2)13-6-12(8-15-10(3)4)16-11(5)7-14;1-9(2)16-7-12(8-17-10(3)4)18(14,15)11(5)6-13;1-9(2)14-7-12(8-15-10(3)4)16-11(5)6-13/h2*10-14H,6-9H2,1-5H3;2*9-11,14H,6-8H2,1-5H3;9-14H,6-8H2,1-5H3;9-13H,6-8H2,1-5H3;9-13H,6-8H2,1-5H3/t12-;12-,13+;12-;11-;11-,12-;2*11-/m1000000/s1. The summed E-state index contributed by atoms with van der Waals surface area (Å²) in [6.07, 6.45) is 3.08. The van der Waals surface area contributed by atoms with Gasteiger partial charge in [0.15, 0.2) is 9.84 Å². The summed E-state index contributed by atoms with van der Waals surface area (Å²) in [7, 11) is -3.44. The Kier molecular flexibility index (Phi) is 87.3. The molecule has 0 aromatic rings. The number of rotatable bonds is 63. The minimum Gasteiger partial charge on any atom is -0.396 e. The molecule has 0 aromatic carbocycles. The molecule has 0 aliphatic heterocycles. The predicted molar refractivity (Wildman–Crippen MR) is 468 cm³/mol. The minimum absolute atomic E-state index is 0.00745. The van der Waals surface area contributed by atoms with Gasteiger partial charge in [-0.3, -0.25) is 0 Å². The Bertz CT molecular complexity index is 1930. The second-order valence-electron chi connectivity index (χ2n) is 33.9. The zero-order valence-electron chi connectivity index (χ0n) is 79.8. The molecule has 116 heavy (non-hydrogen) atoms. The van der Waals surface area contributed by atoms with E-state index in [2.05, 4.69) is 39.9 Å². The topological polar surface area (TPSA) is 335 Å². The van der Waals surface area contributed by atoms with E-state index in [0.717, 1.165) is 25.8 Å². The van der Waals surface area contributed by atoms with Crippen LogP contribution in [0.4, 0.5) is 8.78 Å². The van der Waals surface area contributed by atoms with Crippen LogP contribution < -0.4 is 5.32 Å². The SMILES string of the molecule is CC(C)CC[C@H](COC(C)C)O[C@@H](C)CO.CC(C)NC[C@@H](COC(C)C)O[C@@H](C)CO.CC(C)OCC(COC(C)C)C[C@@H](C)CO.CC(C)OCC(COC(C)C)O[C@](C)(F)CO.CC(C)OCC(COC(C)C)S(=O)(=O)[C@@H](C)CO.CC(C)OCC(COC(C)C)S[C@@H](C)CO.CC(C)OCC(F)(COC(C)C)O[C@@H](C)CO. The molecular formula is C86H185F2NO25S2. The highest BCUT2D eigenvalue weighted by molar-refractivity contribution is 8.00. The number of nitrogens with one attached hydrogen (secondary N) is 1. The molecule has 8 N–H and O–H groups in total. The van der Waals surface area contributed by atoms with Crippen molar-refractivity contribution < 1.29 is 129 Å². The van der Waals surface area contributed by atoms with Crippen LogP contribution in [0.2, 0.25) is 0 Å². The van der Waals surface area contributed by atoms with Gasteiger partial charge in [0.1, 0.15) is 31.2 Å². The van der Waals surface area contributed by atoms with Gasteiger partial charge in [-0.2, -0.15) is 0 Å². The van der Waals surface area contributed by atoms with Gasteiger partial charge in [0.25, 0.3) is 5.85 Å². The van der Waals surface area contributed by atoms with E-state index in [-0.39, 0.29) is 182 Å². The van der Waals surface area contributed by atoms with E-state index in [1.54, 1.807) is 18.7 Å². The first kappa shape index (κ1) is 128. The van der Waals surface area contributed by atoms with Crippen molar-refractivity contribution in [2.75, 3.05) is 132 Å². The Morgan fingerprint density at radius 3 is 1.00 bits per heavy atom. The van der Waals surface area contributed by atoms with Crippen LogP contribution in [0.1, 0.15) is 262 Å². The molecule has 0 heterocycles. The molecule has 0 radical (unpaired) electrons. The highest BCUT2D eigenvalue weighted by atomic mass is 32.2. The molecule has 30 heteroatoms. The highest BCUT2D eigenvalue weighted by Gasteiger charge is 2.36. The van der Waals surface area contributed by atoms with Crippen LogP contribution in [-0.4, -0.2) is 325 Å². The summed E-state index contributed by atoms with van der Waals surface area (Å²) in [5.41, 5.74) is 0. The van der Waals surface area contributed by atoms with Crippen LogP contribution in [-0.2, 0) is 85.6 Å². The van der Waals surface area contributed by atoms with Crippen LogP contribution >= 0.6 is 11.8 Å². The smallest absolute Gasteiger partial charge is 0.256 e. The zero-order chi connectivity index (χ0) is 91.5. The van der Waals surface area contributed by atoms with E-state index in [4.69, 9.17) is 112 Å². The summed E-state index contributed by atoms with van der Waals surface area (Å²) in [4.78, 5) is 0. The lowest BCUT2D eigenvalue weighted by Gasteiger charge is -2.29. The number of halogens is 2. The summed E-state index contributed by atoms with van der Waals surface area (Å²) in [6.45, 7) is 71.4. The summed E-state index contributed by atoms with van der Waals surface area (Å²) in [5.74, 6) is -2.71. The normalized spacial score (nSPS) is 15.0. The number of hydrogen-bond donors (Lipinski definition) is 8. The first-order chi connectivity index (χ1) is 53.6. The Balaban J connectivity index is -0.000000239. The molecule has 0 fully saturated rings. The molecule has 0 aromatic heterocycles. The number of alkyl halides is 2. The Morgan fingerprint density at radius 1 is 0.362 bits per heavy atom. The molecule has 0 aliphatic carbocycles. The lowest BCUT2D eigenvalue weighted by molar-refractivity contribution is -0.243. The van der Waals surface area contributed by atoms with E-state index >= 15 is 0 Å². The largest absolute Gasteiger partial charge is 0.396 e. The van der Waals surface area contributed by atoms with Gasteiger partial charge < -0.3 is 117 Å². The summed E-state index contributed by atoms with van der Waals surface area (Å²) in [6, 6.07) is 0.426. The molecule has 0 aliphatic rings. The number of sulfone groups is 1. The van der Waals surface area contributed by atoms with Crippen molar-refractivity contribution >= 4 is 21.6 Å². The van der Waals surface area contributed by atoms with Crippen LogP contribution in [0, 0.1) is 17.8 Å². The molecular weight excluding hydrogens is 1550 g/mol. The van der Waals surface area contributed by atoms with E-state index < -0.39 is 50.9 Å². The number of ether oxygens (including phenoxy) is 16. The van der Waals surface area contributed by atoms with Crippen molar-refractivity contribution in [3.05, 3.63) is 0 Å². The monoisotopic (exact) mass is 1730 g/mol. The van der Waals surface area contributed by atoms with Gasteiger partial charge in [-0.05, 0) is 232 Å². The van der Waals surface area contributed by atoms with E-state index in [1.165, 1.54) is 13.8 Å². The molecule has 710 valence electrons. The minimum atomic E-state index is -3.44. The lowest BCUT2D eigenvalue weighted by atomic mass is 9.97. The van der Waals surface area contributed by atoms with Crippen LogP contribution in [0.5, 0.6) is 0 Å². The molecule has 0 saturated heterocycles. The molecule has 0 amide bonds. The second kappa shape index (κ2) is 78.9. The first-order valence-corrected chi connectivity index (χ1v) is 45.4. The van der Waals surface area contributed by atoms with Gasteiger partial charge in [-0.1, -0.05) is 41.5 Å². The molecule has 0 saturated carbocycles. The summed E-state index contributed by atoms with van der Waals surface area (Å²) in [5, 5.41) is 65.0. The molecule has 9 atom stereocenters. The Hall–Kier alpha value is -0.800. The maximum Gasteiger partial charge on any atom is 0.256 e. The van der Waals surface area contributed by atoms with Crippen molar-refractivity contribution in [1.29, 1.82) is 0 Å².